The number of ether oxygens (including phenoxy) is 3. The molecular weight excluding hydrogens is 340 g/mol. The molecule has 140 valence electrons. The monoisotopic (exact) mass is 362 g/mol. The highest BCUT2D eigenvalue weighted by atomic mass is 16.6. The van der Waals surface area contributed by atoms with Crippen LogP contribution in [0.1, 0.15) is 32.3 Å². The van der Waals surface area contributed by atoms with Crippen LogP contribution in [0, 0.1) is 11.3 Å². The second kappa shape index (κ2) is 11.5. The number of amides is 1. The van der Waals surface area contributed by atoms with E-state index in [9.17, 15) is 14.4 Å². The van der Waals surface area contributed by atoms with Gasteiger partial charge in [0.25, 0.3) is 5.91 Å². The van der Waals surface area contributed by atoms with Crippen LogP contribution in [-0.4, -0.2) is 43.7 Å². The summed E-state index contributed by atoms with van der Waals surface area (Å²) in [5.41, 5.74) is 0.479. The van der Waals surface area contributed by atoms with Crippen molar-refractivity contribution in [1.82, 2.24) is 5.32 Å². The average molecular weight is 362 g/mol. The van der Waals surface area contributed by atoms with E-state index in [-0.39, 0.29) is 18.9 Å². The van der Waals surface area contributed by atoms with Gasteiger partial charge in [0.15, 0.2) is 12.7 Å². The van der Waals surface area contributed by atoms with Crippen molar-refractivity contribution in [2.45, 2.75) is 32.8 Å². The SMILES string of the molecule is CCOC(=O)CCCNC(=O)COC(=O)C(C)Oc1ccc(C#N)cc1. The van der Waals surface area contributed by atoms with E-state index in [0.717, 1.165) is 0 Å². The fourth-order valence-electron chi connectivity index (χ4n) is 1.86. The maximum Gasteiger partial charge on any atom is 0.347 e. The molecule has 8 heteroatoms. The minimum atomic E-state index is -0.903. The Labute approximate surface area is 152 Å². The van der Waals surface area contributed by atoms with Gasteiger partial charge in [-0.25, -0.2) is 4.79 Å². The normalized spacial score (nSPS) is 11.0. The molecular formula is C18H22N2O6. The minimum absolute atomic E-state index is 0.212. The molecule has 1 unspecified atom stereocenters. The largest absolute Gasteiger partial charge is 0.479 e. The lowest BCUT2D eigenvalue weighted by molar-refractivity contribution is -0.154. The quantitative estimate of drug-likeness (QED) is 0.493. The number of hydrogen-bond donors (Lipinski definition) is 1. The van der Waals surface area contributed by atoms with Gasteiger partial charge in [0, 0.05) is 13.0 Å². The van der Waals surface area contributed by atoms with Gasteiger partial charge in [-0.05, 0) is 44.5 Å². The molecule has 0 fully saturated rings. The Hall–Kier alpha value is -3.08. The summed E-state index contributed by atoms with van der Waals surface area (Å²) in [5.74, 6) is -1.05. The molecule has 0 saturated heterocycles. The standard InChI is InChI=1S/C18H22N2O6/c1-3-24-17(22)5-4-10-20-16(21)12-25-18(23)13(2)26-15-8-6-14(11-19)7-9-15/h6-9,13H,3-5,10,12H2,1-2H3,(H,20,21). The summed E-state index contributed by atoms with van der Waals surface area (Å²) in [5, 5.41) is 11.3. The van der Waals surface area contributed by atoms with E-state index in [1.807, 2.05) is 6.07 Å². The number of esters is 2. The number of rotatable bonds is 10. The number of nitrogens with zero attached hydrogens (tertiary/aromatic N) is 1. The molecule has 1 aromatic carbocycles. The van der Waals surface area contributed by atoms with Crippen LogP contribution in [0.3, 0.4) is 0 Å². The summed E-state index contributed by atoms with van der Waals surface area (Å²) < 4.78 is 15.0. The lowest BCUT2D eigenvalue weighted by atomic mass is 10.2. The predicted molar refractivity (Wildman–Crippen MR) is 91.1 cm³/mol. The zero-order valence-electron chi connectivity index (χ0n) is 14.8. The van der Waals surface area contributed by atoms with Crippen LogP contribution in [0.4, 0.5) is 0 Å². The molecule has 1 N–H and O–H groups in total. The first kappa shape index (κ1) is 21.0. The van der Waals surface area contributed by atoms with Crippen molar-refractivity contribution in [3.05, 3.63) is 29.8 Å². The summed E-state index contributed by atoms with van der Waals surface area (Å²) in [7, 11) is 0. The van der Waals surface area contributed by atoms with Crippen molar-refractivity contribution in [3.8, 4) is 11.8 Å². The first-order valence-corrected chi connectivity index (χ1v) is 8.22. The van der Waals surface area contributed by atoms with Crippen LogP contribution in [0.25, 0.3) is 0 Å². The summed E-state index contributed by atoms with van der Waals surface area (Å²) in [4.78, 5) is 34.5. The zero-order chi connectivity index (χ0) is 19.4. The highest BCUT2D eigenvalue weighted by Gasteiger charge is 2.17. The predicted octanol–water partition coefficient (Wildman–Crippen LogP) is 1.33. The number of nitrogens with one attached hydrogen (secondary N) is 1. The Balaban J connectivity index is 2.24. The van der Waals surface area contributed by atoms with E-state index in [4.69, 9.17) is 19.5 Å². The Morgan fingerprint density at radius 1 is 1.19 bits per heavy atom. The van der Waals surface area contributed by atoms with Gasteiger partial charge in [0.05, 0.1) is 18.2 Å². The molecule has 0 aliphatic heterocycles. The molecule has 0 radical (unpaired) electrons. The van der Waals surface area contributed by atoms with E-state index < -0.39 is 24.6 Å². The van der Waals surface area contributed by atoms with Gasteiger partial charge in [-0.3, -0.25) is 9.59 Å². The van der Waals surface area contributed by atoms with E-state index in [1.165, 1.54) is 6.92 Å². The molecule has 1 rings (SSSR count). The Morgan fingerprint density at radius 2 is 1.88 bits per heavy atom. The molecule has 0 saturated carbocycles. The second-order valence-electron chi connectivity index (χ2n) is 5.26. The van der Waals surface area contributed by atoms with Gasteiger partial charge in [0.1, 0.15) is 5.75 Å². The number of benzene rings is 1. The number of nitriles is 1. The molecule has 1 aromatic rings. The van der Waals surface area contributed by atoms with Gasteiger partial charge < -0.3 is 19.5 Å². The Bertz CT molecular complexity index is 651. The van der Waals surface area contributed by atoms with Crippen molar-refractivity contribution in [2.75, 3.05) is 19.8 Å². The lowest BCUT2D eigenvalue weighted by Crippen LogP contribution is -2.33. The van der Waals surface area contributed by atoms with Crippen molar-refractivity contribution in [1.29, 1.82) is 5.26 Å². The maximum absolute atomic E-state index is 11.8. The first-order chi connectivity index (χ1) is 12.5. The van der Waals surface area contributed by atoms with E-state index in [0.29, 0.717) is 24.3 Å². The molecule has 0 bridgehead atoms. The van der Waals surface area contributed by atoms with Crippen molar-refractivity contribution >= 4 is 17.8 Å². The summed E-state index contributed by atoms with van der Waals surface area (Å²) in [6, 6.07) is 8.25. The summed E-state index contributed by atoms with van der Waals surface area (Å²) in [6.45, 7) is 3.40. The van der Waals surface area contributed by atoms with Crippen molar-refractivity contribution < 1.29 is 28.6 Å². The third-order valence-electron chi connectivity index (χ3n) is 3.16. The lowest BCUT2D eigenvalue weighted by Gasteiger charge is -2.14. The third-order valence-corrected chi connectivity index (χ3v) is 3.16. The summed E-state index contributed by atoms with van der Waals surface area (Å²) in [6.07, 6.45) is -0.250. The average Bonchev–Trinajstić information content (AvgIpc) is 2.64. The highest BCUT2D eigenvalue weighted by molar-refractivity contribution is 5.82. The van der Waals surface area contributed by atoms with Crippen LogP contribution < -0.4 is 10.1 Å². The number of carbonyl (C=O) groups excluding carboxylic acids is 3. The van der Waals surface area contributed by atoms with Crippen LogP contribution in [0.2, 0.25) is 0 Å². The maximum atomic E-state index is 11.8. The third kappa shape index (κ3) is 8.15. The fraction of sp³-hybridized carbons (Fsp3) is 0.444. The van der Waals surface area contributed by atoms with Crippen molar-refractivity contribution in [3.63, 3.8) is 0 Å². The van der Waals surface area contributed by atoms with Crippen LogP contribution in [-0.2, 0) is 23.9 Å². The molecule has 0 aromatic heterocycles. The van der Waals surface area contributed by atoms with Crippen LogP contribution >= 0.6 is 0 Å². The van der Waals surface area contributed by atoms with Gasteiger partial charge in [0.2, 0.25) is 0 Å². The van der Waals surface area contributed by atoms with Gasteiger partial charge in [-0.15, -0.1) is 0 Å². The van der Waals surface area contributed by atoms with Crippen LogP contribution in [0.5, 0.6) is 5.75 Å². The molecule has 1 amide bonds. The fourth-order valence-corrected chi connectivity index (χ4v) is 1.86. The first-order valence-electron chi connectivity index (χ1n) is 8.22. The molecule has 0 spiro atoms. The van der Waals surface area contributed by atoms with E-state index >= 15 is 0 Å². The van der Waals surface area contributed by atoms with Gasteiger partial charge in [-0.2, -0.15) is 5.26 Å². The van der Waals surface area contributed by atoms with Gasteiger partial charge >= 0.3 is 11.9 Å². The zero-order valence-corrected chi connectivity index (χ0v) is 14.8. The summed E-state index contributed by atoms with van der Waals surface area (Å²) >= 11 is 0. The number of hydrogen-bond acceptors (Lipinski definition) is 7. The second-order valence-corrected chi connectivity index (χ2v) is 5.26. The molecule has 0 aliphatic rings. The molecule has 0 aliphatic carbocycles. The number of carbonyl (C=O) groups is 3. The highest BCUT2D eigenvalue weighted by Crippen LogP contribution is 2.13. The van der Waals surface area contributed by atoms with E-state index in [2.05, 4.69) is 5.32 Å². The molecule has 0 heterocycles. The Morgan fingerprint density at radius 3 is 2.50 bits per heavy atom. The smallest absolute Gasteiger partial charge is 0.347 e. The topological polar surface area (TPSA) is 115 Å². The Kier molecular flexibility index (Phi) is 9.25. The molecule has 26 heavy (non-hydrogen) atoms. The minimum Gasteiger partial charge on any atom is -0.479 e. The molecule has 1 atom stereocenters. The molecule has 8 nitrogen and oxygen atoms in total. The van der Waals surface area contributed by atoms with Gasteiger partial charge in [-0.1, -0.05) is 0 Å². The van der Waals surface area contributed by atoms with Crippen molar-refractivity contribution in [2.24, 2.45) is 0 Å². The van der Waals surface area contributed by atoms with Crippen LogP contribution in [0.15, 0.2) is 24.3 Å². The van der Waals surface area contributed by atoms with E-state index in [1.54, 1.807) is 31.2 Å².